The number of carbonyl (C=O) groups excluding carboxylic acids is 1. The van der Waals surface area contributed by atoms with Crippen LogP contribution in [-0.2, 0) is 4.79 Å². The van der Waals surface area contributed by atoms with E-state index in [0.29, 0.717) is 22.1 Å². The number of nitrogens with one attached hydrogen (secondary N) is 1. The van der Waals surface area contributed by atoms with Gasteiger partial charge in [0, 0.05) is 17.7 Å². The monoisotopic (exact) mass is 257 g/mol. The third kappa shape index (κ3) is 1.43. The van der Waals surface area contributed by atoms with Gasteiger partial charge in [0.15, 0.2) is 0 Å². The minimum atomic E-state index is -0.269. The first kappa shape index (κ1) is 9.65. The summed E-state index contributed by atoms with van der Waals surface area (Å²) in [6, 6.07) is 3.32. The van der Waals surface area contributed by atoms with Crippen LogP contribution in [0.2, 0.25) is 0 Å². The normalized spacial score (nSPS) is 20.2. The van der Waals surface area contributed by atoms with Crippen molar-refractivity contribution in [2.24, 2.45) is 0 Å². The number of fused-ring (bicyclic) bond motifs is 1. The summed E-state index contributed by atoms with van der Waals surface area (Å²) in [6.07, 6.45) is 0.348. The number of benzene rings is 1. The Morgan fingerprint density at radius 1 is 1.57 bits per heavy atom. The summed E-state index contributed by atoms with van der Waals surface area (Å²) < 4.78 is 14.1. The fraction of sp³-hybridized carbons (Fsp3) is 0.300. The summed E-state index contributed by atoms with van der Waals surface area (Å²) in [6.45, 7) is 1.85. The van der Waals surface area contributed by atoms with Gasteiger partial charge < -0.3 is 5.32 Å². The van der Waals surface area contributed by atoms with Gasteiger partial charge in [0.1, 0.15) is 5.82 Å². The van der Waals surface area contributed by atoms with Crippen molar-refractivity contribution >= 4 is 27.5 Å². The zero-order chi connectivity index (χ0) is 10.3. The predicted octanol–water partition coefficient (Wildman–Crippen LogP) is 3.03. The molecule has 0 unspecified atom stereocenters. The Hall–Kier alpha value is -0.900. The van der Waals surface area contributed by atoms with Gasteiger partial charge in [0.25, 0.3) is 0 Å². The molecule has 0 saturated carbocycles. The first-order chi connectivity index (χ1) is 6.59. The lowest BCUT2D eigenvalue weighted by atomic mass is 9.92. The van der Waals surface area contributed by atoms with E-state index < -0.39 is 0 Å². The van der Waals surface area contributed by atoms with Crippen molar-refractivity contribution in [1.29, 1.82) is 0 Å². The molecule has 2 nitrogen and oxygen atoms in total. The average molecular weight is 258 g/mol. The number of hydrogen-bond donors (Lipinski definition) is 1. The van der Waals surface area contributed by atoms with Gasteiger partial charge in [-0.15, -0.1) is 0 Å². The van der Waals surface area contributed by atoms with Crippen LogP contribution in [-0.4, -0.2) is 5.91 Å². The van der Waals surface area contributed by atoms with Gasteiger partial charge in [0.2, 0.25) is 5.91 Å². The molecule has 0 fully saturated rings. The highest BCUT2D eigenvalue weighted by Gasteiger charge is 2.25. The third-order valence-corrected chi connectivity index (χ3v) is 3.00. The molecule has 1 aliphatic rings. The van der Waals surface area contributed by atoms with E-state index >= 15 is 0 Å². The van der Waals surface area contributed by atoms with Gasteiger partial charge in [-0.3, -0.25) is 4.79 Å². The van der Waals surface area contributed by atoms with Gasteiger partial charge in [0.05, 0.1) is 4.47 Å². The molecule has 0 aromatic heterocycles. The molecule has 0 radical (unpaired) electrons. The van der Waals surface area contributed by atoms with Crippen molar-refractivity contribution in [3.8, 4) is 0 Å². The molecule has 74 valence electrons. The van der Waals surface area contributed by atoms with Gasteiger partial charge in [-0.2, -0.15) is 0 Å². The first-order valence-electron chi connectivity index (χ1n) is 4.37. The van der Waals surface area contributed by atoms with E-state index in [1.807, 2.05) is 6.92 Å². The second kappa shape index (κ2) is 3.35. The summed E-state index contributed by atoms with van der Waals surface area (Å²) in [5, 5.41) is 2.66. The number of halogens is 2. The van der Waals surface area contributed by atoms with Crippen LogP contribution in [0, 0.1) is 5.82 Å². The Balaban J connectivity index is 2.59. The summed E-state index contributed by atoms with van der Waals surface area (Å²) in [5.41, 5.74) is 1.19. The Labute approximate surface area is 89.6 Å². The minimum Gasteiger partial charge on any atom is -0.326 e. The molecular formula is C10H9BrFNO. The van der Waals surface area contributed by atoms with Crippen LogP contribution in [0.4, 0.5) is 10.1 Å². The molecule has 14 heavy (non-hydrogen) atoms. The molecule has 1 aromatic rings. The van der Waals surface area contributed by atoms with E-state index in [9.17, 15) is 9.18 Å². The smallest absolute Gasteiger partial charge is 0.224 e. The molecule has 1 aliphatic heterocycles. The van der Waals surface area contributed by atoms with Crippen LogP contribution in [0.5, 0.6) is 0 Å². The second-order valence-electron chi connectivity index (χ2n) is 3.48. The Morgan fingerprint density at radius 2 is 2.29 bits per heavy atom. The fourth-order valence-corrected chi connectivity index (χ4v) is 2.08. The van der Waals surface area contributed by atoms with Gasteiger partial charge in [-0.1, -0.05) is 6.92 Å². The molecule has 4 heteroatoms. The zero-order valence-electron chi connectivity index (χ0n) is 7.60. The minimum absolute atomic E-state index is 0.0493. The molecule has 1 atom stereocenters. The molecule has 1 amide bonds. The summed E-state index contributed by atoms with van der Waals surface area (Å²) in [5.74, 6) is -0.377. The van der Waals surface area contributed by atoms with Gasteiger partial charge in [-0.05, 0) is 34.0 Å². The molecule has 0 spiro atoms. The van der Waals surface area contributed by atoms with Crippen LogP contribution in [0.25, 0.3) is 0 Å². The molecule has 1 N–H and O–H groups in total. The first-order valence-corrected chi connectivity index (χ1v) is 5.16. The lowest BCUT2D eigenvalue weighted by Gasteiger charge is -2.23. The van der Waals surface area contributed by atoms with E-state index in [1.165, 1.54) is 0 Å². The highest BCUT2D eigenvalue weighted by atomic mass is 79.9. The highest BCUT2D eigenvalue weighted by molar-refractivity contribution is 9.10. The molecule has 1 heterocycles. The lowest BCUT2D eigenvalue weighted by molar-refractivity contribution is -0.116. The number of hydrogen-bond acceptors (Lipinski definition) is 1. The summed E-state index contributed by atoms with van der Waals surface area (Å²) >= 11 is 3.13. The molecule has 1 aromatic carbocycles. The van der Waals surface area contributed by atoms with Crippen LogP contribution >= 0.6 is 15.9 Å². The Bertz CT molecular complexity index is 405. The molecule has 0 saturated heterocycles. The van der Waals surface area contributed by atoms with E-state index in [1.54, 1.807) is 12.1 Å². The summed E-state index contributed by atoms with van der Waals surface area (Å²) in [7, 11) is 0. The van der Waals surface area contributed by atoms with Crippen molar-refractivity contribution in [2.45, 2.75) is 19.3 Å². The lowest BCUT2D eigenvalue weighted by Crippen LogP contribution is -2.22. The van der Waals surface area contributed by atoms with E-state index in [4.69, 9.17) is 0 Å². The molecular weight excluding hydrogens is 249 g/mol. The van der Waals surface area contributed by atoms with Crippen molar-refractivity contribution < 1.29 is 9.18 Å². The molecule has 2 rings (SSSR count). The van der Waals surface area contributed by atoms with Crippen molar-refractivity contribution in [3.63, 3.8) is 0 Å². The predicted molar refractivity (Wildman–Crippen MR) is 55.8 cm³/mol. The maximum Gasteiger partial charge on any atom is 0.224 e. The van der Waals surface area contributed by atoms with Crippen molar-refractivity contribution in [1.82, 2.24) is 0 Å². The number of amides is 1. The largest absolute Gasteiger partial charge is 0.326 e. The number of rotatable bonds is 0. The Morgan fingerprint density at radius 3 is 3.00 bits per heavy atom. The SMILES string of the molecule is C[C@@H]1CC(=O)Nc2ccc(Br)c(F)c21. The molecule has 0 aliphatic carbocycles. The van der Waals surface area contributed by atoms with E-state index in [-0.39, 0.29) is 17.6 Å². The third-order valence-electron chi connectivity index (χ3n) is 2.39. The number of carbonyl (C=O) groups is 1. The van der Waals surface area contributed by atoms with E-state index in [0.717, 1.165) is 0 Å². The van der Waals surface area contributed by atoms with Crippen LogP contribution in [0.1, 0.15) is 24.8 Å². The van der Waals surface area contributed by atoms with Crippen LogP contribution in [0.3, 0.4) is 0 Å². The maximum absolute atomic E-state index is 13.7. The van der Waals surface area contributed by atoms with Crippen LogP contribution < -0.4 is 5.32 Å². The molecule has 0 bridgehead atoms. The van der Waals surface area contributed by atoms with Crippen molar-refractivity contribution in [2.75, 3.05) is 5.32 Å². The van der Waals surface area contributed by atoms with Gasteiger partial charge >= 0.3 is 0 Å². The fourth-order valence-electron chi connectivity index (χ4n) is 1.74. The van der Waals surface area contributed by atoms with Gasteiger partial charge in [-0.25, -0.2) is 4.39 Å². The Kier molecular flexibility index (Phi) is 2.31. The standard InChI is InChI=1S/C10H9BrFNO/c1-5-4-8(14)13-7-3-2-6(11)10(12)9(5)7/h2-3,5H,4H2,1H3,(H,13,14)/t5-/m1/s1. The highest BCUT2D eigenvalue weighted by Crippen LogP contribution is 2.36. The van der Waals surface area contributed by atoms with Crippen LogP contribution in [0.15, 0.2) is 16.6 Å². The van der Waals surface area contributed by atoms with E-state index in [2.05, 4.69) is 21.2 Å². The van der Waals surface area contributed by atoms with Crippen molar-refractivity contribution in [3.05, 3.63) is 28.0 Å². The second-order valence-corrected chi connectivity index (χ2v) is 4.33. The zero-order valence-corrected chi connectivity index (χ0v) is 9.19. The quantitative estimate of drug-likeness (QED) is 0.761. The average Bonchev–Trinajstić information content (AvgIpc) is 2.10. The number of anilines is 1. The summed E-state index contributed by atoms with van der Waals surface area (Å²) in [4.78, 5) is 11.2. The maximum atomic E-state index is 13.7. The topological polar surface area (TPSA) is 29.1 Å².